The second kappa shape index (κ2) is 16.7. The normalized spacial score (nSPS) is 18.2. The number of carbonyl (C=O) groups excluding carboxylic acids is 4. The summed E-state index contributed by atoms with van der Waals surface area (Å²) in [5.41, 5.74) is 8.67. The van der Waals surface area contributed by atoms with E-state index in [-0.39, 0.29) is 35.7 Å². The van der Waals surface area contributed by atoms with Gasteiger partial charge in [0.15, 0.2) is 0 Å². The van der Waals surface area contributed by atoms with Crippen LogP contribution in [0.25, 0.3) is 44.5 Å². The maximum Gasteiger partial charge on any atom is 0.407 e. The van der Waals surface area contributed by atoms with Gasteiger partial charge >= 0.3 is 12.2 Å². The summed E-state index contributed by atoms with van der Waals surface area (Å²) < 4.78 is 15.9. The first-order chi connectivity index (χ1) is 28.9. The van der Waals surface area contributed by atoms with Crippen molar-refractivity contribution in [1.29, 1.82) is 0 Å². The summed E-state index contributed by atoms with van der Waals surface area (Å²) in [4.78, 5) is 71.5. The lowest BCUT2D eigenvalue weighted by atomic mass is 9.92. The molecule has 5 aromatic rings. The number of nitrogens with one attached hydrogen (secondary N) is 4. The van der Waals surface area contributed by atoms with Crippen LogP contribution < -0.4 is 15.4 Å². The van der Waals surface area contributed by atoms with Crippen LogP contribution >= 0.6 is 0 Å². The van der Waals surface area contributed by atoms with E-state index in [1.54, 1.807) is 0 Å². The molecular weight excluding hydrogens is 765 g/mol. The number of rotatable bonds is 10. The number of amides is 4. The van der Waals surface area contributed by atoms with E-state index >= 15 is 0 Å². The van der Waals surface area contributed by atoms with Gasteiger partial charge in [0.05, 0.1) is 49.2 Å². The zero-order valence-electron chi connectivity index (χ0n) is 34.8. The molecule has 0 saturated carbocycles. The summed E-state index contributed by atoms with van der Waals surface area (Å²) >= 11 is 0. The largest absolute Gasteiger partial charge is 0.488 e. The lowest BCUT2D eigenvalue weighted by molar-refractivity contribution is -0.136. The SMILES string of the molecule is COC(=O)N[C@H](C(=O)N1CCC[C@H]1c1ncc(-c2ccc3c(c2)COc2cc(-c4ccc5nc([C@@H]6CCCN6C(=O)[C@@H](NC(=O)OC)C(C)C)[nH]c5c4)ccc2-3)[nH]1)C(C)C. The number of benzene rings is 3. The molecule has 0 radical (unpaired) electrons. The zero-order chi connectivity index (χ0) is 42.2. The third kappa shape index (κ3) is 7.75. The van der Waals surface area contributed by atoms with Crippen molar-refractivity contribution >= 4 is 35.0 Å². The predicted octanol–water partition coefficient (Wildman–Crippen LogP) is 7.27. The Balaban J connectivity index is 0.978. The molecule has 5 heterocycles. The number of fused-ring (bicyclic) bond motifs is 4. The number of hydrogen-bond donors (Lipinski definition) is 4. The van der Waals surface area contributed by atoms with Gasteiger partial charge in [-0.15, -0.1) is 0 Å². The van der Waals surface area contributed by atoms with Crippen molar-refractivity contribution in [3.8, 4) is 39.3 Å². The van der Waals surface area contributed by atoms with Gasteiger partial charge in [0, 0.05) is 18.7 Å². The average molecular weight is 817 g/mol. The monoisotopic (exact) mass is 816 g/mol. The fourth-order valence-corrected chi connectivity index (χ4v) is 8.75. The Hall–Kier alpha value is -6.38. The predicted molar refractivity (Wildman–Crippen MR) is 225 cm³/mol. The van der Waals surface area contributed by atoms with Crippen molar-refractivity contribution in [2.45, 2.75) is 84.2 Å². The average Bonchev–Trinajstić information content (AvgIpc) is 4.09. The minimum absolute atomic E-state index is 0.113. The summed E-state index contributed by atoms with van der Waals surface area (Å²) in [6.07, 6.45) is 3.78. The molecule has 3 aliphatic heterocycles. The van der Waals surface area contributed by atoms with Crippen LogP contribution in [0.1, 0.15) is 82.7 Å². The first kappa shape index (κ1) is 40.4. The van der Waals surface area contributed by atoms with Crippen molar-refractivity contribution in [2.75, 3.05) is 27.3 Å². The van der Waals surface area contributed by atoms with Crippen molar-refractivity contribution in [1.82, 2.24) is 40.4 Å². The highest BCUT2D eigenvalue weighted by Gasteiger charge is 2.39. The maximum absolute atomic E-state index is 13.7. The maximum atomic E-state index is 13.7. The molecule has 0 aliphatic carbocycles. The Morgan fingerprint density at radius 3 is 1.95 bits per heavy atom. The standard InChI is InChI=1S/C45H52N8O7/c1-24(2)38(50-44(56)58-5)42(54)52-17-7-9-35(52)40-46-22-34(49-40)28-12-14-30-29(19-28)23-60-37-21-27(11-15-31(30)37)26-13-16-32-33(20-26)48-41(47-32)36-10-8-18-53(36)43(55)39(25(3)4)51-45(57)59-6/h11-16,19-22,24-25,35-36,38-39H,7-10,17-18,23H2,1-6H3,(H,46,49)(H,47,48)(H,50,56)(H,51,57)/t35-,36-,38-,39-/m0/s1. The van der Waals surface area contributed by atoms with Crippen LogP contribution in [0, 0.1) is 11.8 Å². The molecular formula is C45H52N8O7. The Kier molecular flexibility index (Phi) is 11.2. The first-order valence-corrected chi connectivity index (χ1v) is 20.7. The van der Waals surface area contributed by atoms with Crippen molar-refractivity contribution in [3.05, 3.63) is 78.0 Å². The van der Waals surface area contributed by atoms with Gasteiger partial charge in [-0.25, -0.2) is 19.6 Å². The number of H-pyrrole nitrogens is 2. The summed E-state index contributed by atoms with van der Waals surface area (Å²) in [7, 11) is 2.58. The number of alkyl carbamates (subject to hydrolysis) is 2. The number of likely N-dealkylation sites (tertiary alicyclic amines) is 2. The van der Waals surface area contributed by atoms with Gasteiger partial charge in [-0.2, -0.15) is 0 Å². The molecule has 0 unspecified atom stereocenters. The summed E-state index contributed by atoms with van der Waals surface area (Å²) in [6, 6.07) is 16.9. The van der Waals surface area contributed by atoms with E-state index in [4.69, 9.17) is 24.2 Å². The Bertz CT molecular complexity index is 2440. The van der Waals surface area contributed by atoms with Gasteiger partial charge in [0.25, 0.3) is 0 Å². The van der Waals surface area contributed by atoms with Crippen LogP contribution in [0.2, 0.25) is 0 Å². The molecule has 60 heavy (non-hydrogen) atoms. The van der Waals surface area contributed by atoms with Crippen LogP contribution in [0.4, 0.5) is 9.59 Å². The smallest absolute Gasteiger partial charge is 0.407 e. The topological polar surface area (TPSA) is 184 Å². The second-order valence-corrected chi connectivity index (χ2v) is 16.5. The number of hydrogen-bond acceptors (Lipinski definition) is 9. The number of methoxy groups -OCH3 is 2. The third-order valence-electron chi connectivity index (χ3n) is 12.0. The molecule has 2 saturated heterocycles. The quantitative estimate of drug-likeness (QED) is 0.113. The number of ether oxygens (including phenoxy) is 3. The van der Waals surface area contributed by atoms with Crippen LogP contribution in [0.5, 0.6) is 5.75 Å². The number of aromatic amines is 2. The molecule has 314 valence electrons. The number of aromatic nitrogens is 4. The fraction of sp³-hybridized carbons (Fsp3) is 0.422. The molecule has 15 nitrogen and oxygen atoms in total. The molecule has 0 bridgehead atoms. The second-order valence-electron chi connectivity index (χ2n) is 16.5. The zero-order valence-corrected chi connectivity index (χ0v) is 34.8. The van der Waals surface area contributed by atoms with Crippen molar-refractivity contribution in [3.63, 3.8) is 0 Å². The van der Waals surface area contributed by atoms with Gasteiger partial charge in [-0.3, -0.25) is 9.59 Å². The van der Waals surface area contributed by atoms with Crippen LogP contribution in [0.3, 0.4) is 0 Å². The molecule has 4 amide bonds. The molecule has 4 N–H and O–H groups in total. The number of carbonyl (C=O) groups is 4. The van der Waals surface area contributed by atoms with E-state index in [1.165, 1.54) is 14.2 Å². The van der Waals surface area contributed by atoms with Crippen LogP contribution in [-0.4, -0.2) is 93.1 Å². The van der Waals surface area contributed by atoms with Crippen LogP contribution in [0.15, 0.2) is 60.8 Å². The molecule has 3 aromatic carbocycles. The summed E-state index contributed by atoms with van der Waals surface area (Å²) in [5, 5.41) is 5.41. The third-order valence-corrected chi connectivity index (χ3v) is 12.0. The van der Waals surface area contributed by atoms with Gasteiger partial charge in [0.1, 0.15) is 36.1 Å². The fourth-order valence-electron chi connectivity index (χ4n) is 8.75. The van der Waals surface area contributed by atoms with Crippen LogP contribution in [-0.2, 0) is 25.7 Å². The number of nitrogens with zero attached hydrogens (tertiary/aromatic N) is 4. The highest BCUT2D eigenvalue weighted by molar-refractivity contribution is 5.88. The Labute approximate surface area is 348 Å². The highest BCUT2D eigenvalue weighted by Crippen LogP contribution is 2.42. The molecule has 4 atom stereocenters. The van der Waals surface area contributed by atoms with Crippen molar-refractivity contribution in [2.24, 2.45) is 11.8 Å². The Morgan fingerprint density at radius 1 is 0.733 bits per heavy atom. The van der Waals surface area contributed by atoms with E-state index in [9.17, 15) is 19.2 Å². The minimum Gasteiger partial charge on any atom is -0.488 e. The molecule has 8 rings (SSSR count). The van der Waals surface area contributed by atoms with E-state index in [0.29, 0.717) is 25.5 Å². The highest BCUT2D eigenvalue weighted by atomic mass is 16.5. The van der Waals surface area contributed by atoms with E-state index in [1.807, 2.05) is 55.8 Å². The van der Waals surface area contributed by atoms with Gasteiger partial charge in [-0.1, -0.05) is 58.0 Å². The summed E-state index contributed by atoms with van der Waals surface area (Å²) in [5.74, 6) is 1.73. The lowest BCUT2D eigenvalue weighted by Crippen LogP contribution is -2.51. The lowest BCUT2D eigenvalue weighted by Gasteiger charge is -2.30. The first-order valence-electron chi connectivity index (χ1n) is 20.7. The molecule has 2 fully saturated rings. The summed E-state index contributed by atoms with van der Waals surface area (Å²) in [6.45, 7) is 9.19. The molecule has 15 heteroatoms. The molecule has 2 aromatic heterocycles. The van der Waals surface area contributed by atoms with Gasteiger partial charge in [-0.05, 0) is 89.6 Å². The van der Waals surface area contributed by atoms with E-state index in [0.717, 1.165) is 87.4 Å². The van der Waals surface area contributed by atoms with E-state index in [2.05, 4.69) is 63.1 Å². The van der Waals surface area contributed by atoms with Crippen molar-refractivity contribution < 1.29 is 33.4 Å². The molecule has 0 spiro atoms. The molecule has 3 aliphatic rings. The minimum atomic E-state index is -0.699. The van der Waals surface area contributed by atoms with Gasteiger partial charge in [0.2, 0.25) is 11.8 Å². The van der Waals surface area contributed by atoms with E-state index < -0.39 is 24.3 Å². The number of imidazole rings is 2. The van der Waals surface area contributed by atoms with Gasteiger partial charge < -0.3 is 44.6 Å². The Morgan fingerprint density at radius 2 is 1.32 bits per heavy atom.